The molecule has 2 rings (SSSR count). The zero-order valence-corrected chi connectivity index (χ0v) is 11.5. The first-order valence-corrected chi connectivity index (χ1v) is 7.48. The number of carbonyl (C=O) groups excluding carboxylic acids is 1. The number of carbonyl (C=O) groups is 1. The summed E-state index contributed by atoms with van der Waals surface area (Å²) < 4.78 is 5.58. The van der Waals surface area contributed by atoms with Crippen LogP contribution in [-0.4, -0.2) is 42.9 Å². The van der Waals surface area contributed by atoms with Gasteiger partial charge in [0.1, 0.15) is 6.10 Å². The molecule has 0 radical (unpaired) electrons. The molecule has 110 valence electrons. The molecular formula is C14H26N2O3. The van der Waals surface area contributed by atoms with Gasteiger partial charge in [0.2, 0.25) is 5.91 Å². The molecule has 0 bridgehead atoms. The van der Waals surface area contributed by atoms with Crippen molar-refractivity contribution in [2.75, 3.05) is 19.7 Å². The topological polar surface area (TPSA) is 84.6 Å². The van der Waals surface area contributed by atoms with Gasteiger partial charge in [-0.15, -0.1) is 0 Å². The number of rotatable bonds is 5. The Hall–Kier alpha value is -0.650. The third-order valence-electron chi connectivity index (χ3n) is 4.50. The second-order valence-electron chi connectivity index (χ2n) is 5.79. The van der Waals surface area contributed by atoms with Gasteiger partial charge in [-0.3, -0.25) is 4.79 Å². The minimum absolute atomic E-state index is 0.0155. The van der Waals surface area contributed by atoms with Crippen LogP contribution in [0.5, 0.6) is 0 Å². The largest absolute Gasteiger partial charge is 0.396 e. The van der Waals surface area contributed by atoms with Gasteiger partial charge in [0.15, 0.2) is 0 Å². The monoisotopic (exact) mass is 270 g/mol. The maximum Gasteiger partial charge on any atom is 0.249 e. The number of nitrogens with one attached hydrogen (secondary N) is 1. The van der Waals surface area contributed by atoms with Crippen molar-refractivity contribution in [1.82, 2.24) is 5.32 Å². The molecule has 5 heteroatoms. The van der Waals surface area contributed by atoms with Gasteiger partial charge in [-0.05, 0) is 37.5 Å². The highest BCUT2D eigenvalue weighted by Crippen LogP contribution is 2.29. The molecule has 0 aromatic carbocycles. The van der Waals surface area contributed by atoms with Crippen molar-refractivity contribution < 1.29 is 14.6 Å². The average molecular weight is 270 g/mol. The van der Waals surface area contributed by atoms with Crippen molar-refractivity contribution in [2.24, 2.45) is 17.6 Å². The molecule has 0 aromatic rings. The van der Waals surface area contributed by atoms with Crippen molar-refractivity contribution in [2.45, 2.75) is 50.7 Å². The minimum atomic E-state index is -0.329. The predicted octanol–water partition coefficient (Wildman–Crippen LogP) is 0.408. The van der Waals surface area contributed by atoms with Gasteiger partial charge in [-0.2, -0.15) is 0 Å². The van der Waals surface area contributed by atoms with E-state index in [0.717, 1.165) is 25.7 Å². The number of aliphatic hydroxyl groups is 1. The van der Waals surface area contributed by atoms with Gasteiger partial charge < -0.3 is 20.9 Å². The van der Waals surface area contributed by atoms with Gasteiger partial charge in [-0.1, -0.05) is 12.8 Å². The van der Waals surface area contributed by atoms with Crippen LogP contribution < -0.4 is 11.1 Å². The fraction of sp³-hybridized carbons (Fsp3) is 0.929. The highest BCUT2D eigenvalue weighted by atomic mass is 16.5. The van der Waals surface area contributed by atoms with Gasteiger partial charge in [-0.25, -0.2) is 0 Å². The van der Waals surface area contributed by atoms with Gasteiger partial charge >= 0.3 is 0 Å². The molecule has 0 aromatic heterocycles. The van der Waals surface area contributed by atoms with Crippen molar-refractivity contribution in [1.29, 1.82) is 0 Å². The average Bonchev–Trinajstić information content (AvgIpc) is 2.94. The van der Waals surface area contributed by atoms with Crippen molar-refractivity contribution >= 4 is 5.91 Å². The van der Waals surface area contributed by atoms with Crippen LogP contribution in [0.3, 0.4) is 0 Å². The molecule has 4 N–H and O–H groups in total. The maximum absolute atomic E-state index is 12.0. The molecular weight excluding hydrogens is 244 g/mol. The molecule has 4 unspecified atom stereocenters. The Bertz CT molecular complexity index is 298. The predicted molar refractivity (Wildman–Crippen MR) is 72.5 cm³/mol. The fourth-order valence-corrected chi connectivity index (χ4v) is 3.21. The molecule has 1 saturated heterocycles. The van der Waals surface area contributed by atoms with Gasteiger partial charge in [0, 0.05) is 19.7 Å². The molecule has 1 saturated carbocycles. The molecule has 1 aliphatic heterocycles. The molecule has 1 aliphatic carbocycles. The van der Waals surface area contributed by atoms with Crippen LogP contribution in [-0.2, 0) is 9.53 Å². The number of hydrogen-bond donors (Lipinski definition) is 3. The van der Waals surface area contributed by atoms with E-state index in [1.807, 2.05) is 0 Å². The Balaban J connectivity index is 1.73. The first-order chi connectivity index (χ1) is 9.24. The first-order valence-electron chi connectivity index (χ1n) is 7.48. The summed E-state index contributed by atoms with van der Waals surface area (Å²) in [5, 5.41) is 12.3. The standard InChI is InChI=1S/C14H26N2O3/c15-7-12-5-6-13(19-12)14(18)16-8-10-3-1-2-4-11(10)9-17/h10-13,17H,1-9,15H2,(H,16,18). The minimum Gasteiger partial charge on any atom is -0.396 e. The molecule has 5 nitrogen and oxygen atoms in total. The molecule has 4 atom stereocenters. The second-order valence-corrected chi connectivity index (χ2v) is 5.79. The summed E-state index contributed by atoms with van der Waals surface area (Å²) in [7, 11) is 0. The highest BCUT2D eigenvalue weighted by molar-refractivity contribution is 5.81. The van der Waals surface area contributed by atoms with Crippen LogP contribution in [0.25, 0.3) is 0 Å². The van der Waals surface area contributed by atoms with Crippen molar-refractivity contribution in [3.8, 4) is 0 Å². The lowest BCUT2D eigenvalue weighted by Gasteiger charge is -2.30. The molecule has 0 spiro atoms. The Morgan fingerprint density at radius 1 is 1.21 bits per heavy atom. The summed E-state index contributed by atoms with van der Waals surface area (Å²) in [6, 6.07) is 0. The molecule has 19 heavy (non-hydrogen) atoms. The van der Waals surface area contributed by atoms with E-state index in [1.165, 1.54) is 12.8 Å². The van der Waals surface area contributed by atoms with Crippen molar-refractivity contribution in [3.05, 3.63) is 0 Å². The summed E-state index contributed by atoms with van der Waals surface area (Å²) >= 11 is 0. The van der Waals surface area contributed by atoms with Crippen molar-refractivity contribution in [3.63, 3.8) is 0 Å². The molecule has 1 heterocycles. The number of amides is 1. The zero-order valence-electron chi connectivity index (χ0n) is 11.5. The molecule has 2 fully saturated rings. The number of nitrogens with two attached hydrogens (primary N) is 1. The maximum atomic E-state index is 12.0. The first kappa shape index (κ1) is 14.8. The third kappa shape index (κ3) is 3.91. The molecule has 2 aliphatic rings. The lowest BCUT2D eigenvalue weighted by molar-refractivity contribution is -0.132. The lowest BCUT2D eigenvalue weighted by Crippen LogP contribution is -2.40. The third-order valence-corrected chi connectivity index (χ3v) is 4.50. The number of aliphatic hydroxyl groups excluding tert-OH is 1. The smallest absolute Gasteiger partial charge is 0.249 e. The summed E-state index contributed by atoms with van der Waals surface area (Å²) in [6.07, 6.45) is 5.92. The summed E-state index contributed by atoms with van der Waals surface area (Å²) in [5.41, 5.74) is 5.54. The zero-order chi connectivity index (χ0) is 13.7. The van der Waals surface area contributed by atoms with E-state index in [2.05, 4.69) is 5.32 Å². The quantitative estimate of drug-likeness (QED) is 0.675. The summed E-state index contributed by atoms with van der Waals surface area (Å²) in [5.74, 6) is 0.739. The van der Waals surface area contributed by atoms with E-state index in [9.17, 15) is 9.90 Å². The normalized spacial score (nSPS) is 35.3. The van der Waals surface area contributed by atoms with E-state index in [0.29, 0.717) is 24.9 Å². The SMILES string of the molecule is NCC1CCC(C(=O)NCC2CCCCC2CO)O1. The molecule has 1 amide bonds. The second kappa shape index (κ2) is 7.22. The van der Waals surface area contributed by atoms with Crippen LogP contribution >= 0.6 is 0 Å². The van der Waals surface area contributed by atoms with Crippen LogP contribution in [0.1, 0.15) is 38.5 Å². The van der Waals surface area contributed by atoms with Crippen LogP contribution in [0, 0.1) is 11.8 Å². The summed E-state index contributed by atoms with van der Waals surface area (Å²) in [4.78, 5) is 12.0. The Labute approximate surface area is 114 Å². The Morgan fingerprint density at radius 2 is 1.95 bits per heavy atom. The van der Waals surface area contributed by atoms with Crippen LogP contribution in [0.2, 0.25) is 0 Å². The van der Waals surface area contributed by atoms with Crippen LogP contribution in [0.15, 0.2) is 0 Å². The summed E-state index contributed by atoms with van der Waals surface area (Å²) in [6.45, 7) is 1.38. The number of hydrogen-bond acceptors (Lipinski definition) is 4. The Morgan fingerprint density at radius 3 is 2.58 bits per heavy atom. The van der Waals surface area contributed by atoms with Gasteiger partial charge in [0.25, 0.3) is 0 Å². The van der Waals surface area contributed by atoms with Crippen LogP contribution in [0.4, 0.5) is 0 Å². The van der Waals surface area contributed by atoms with E-state index < -0.39 is 0 Å². The van der Waals surface area contributed by atoms with E-state index in [1.54, 1.807) is 0 Å². The van der Waals surface area contributed by atoms with E-state index in [-0.39, 0.29) is 24.7 Å². The Kier molecular flexibility index (Phi) is 5.60. The van der Waals surface area contributed by atoms with Gasteiger partial charge in [0.05, 0.1) is 6.10 Å². The highest BCUT2D eigenvalue weighted by Gasteiger charge is 2.31. The van der Waals surface area contributed by atoms with E-state index in [4.69, 9.17) is 10.5 Å². The number of ether oxygens (including phenoxy) is 1. The fourth-order valence-electron chi connectivity index (χ4n) is 3.21. The lowest BCUT2D eigenvalue weighted by atomic mass is 9.79. The van der Waals surface area contributed by atoms with E-state index >= 15 is 0 Å².